The summed E-state index contributed by atoms with van der Waals surface area (Å²) in [5, 5.41) is 11.9. The molecular formula is C13H21NO3. The quantitative estimate of drug-likeness (QED) is 0.720. The zero-order valence-electron chi connectivity index (χ0n) is 10.4. The maximum Gasteiger partial charge on any atom is 0.319 e. The van der Waals surface area contributed by atoms with Crippen LogP contribution in [0.15, 0.2) is 0 Å². The first-order valence-corrected chi connectivity index (χ1v) is 6.56. The molecule has 0 aromatic rings. The van der Waals surface area contributed by atoms with Crippen LogP contribution in [0.2, 0.25) is 0 Å². The van der Waals surface area contributed by atoms with Crippen LogP contribution in [-0.2, 0) is 9.59 Å². The number of carboxylic acid groups (broad SMARTS) is 1. The van der Waals surface area contributed by atoms with Gasteiger partial charge in [-0.05, 0) is 37.5 Å². The van der Waals surface area contributed by atoms with Crippen molar-refractivity contribution in [3.63, 3.8) is 0 Å². The van der Waals surface area contributed by atoms with Crippen molar-refractivity contribution < 1.29 is 14.7 Å². The van der Waals surface area contributed by atoms with Crippen LogP contribution in [0.4, 0.5) is 0 Å². The van der Waals surface area contributed by atoms with Crippen molar-refractivity contribution in [1.82, 2.24) is 5.32 Å². The standard InChI is InChI=1S/C13H21NO3/c1-2-12(5-3-4-6-12)9-14-10(15)13(7-8-13)11(16)17/h2-9H2,1H3,(H,14,15)(H,16,17). The molecule has 0 aliphatic heterocycles. The number of hydrogen-bond acceptors (Lipinski definition) is 2. The minimum Gasteiger partial charge on any atom is -0.480 e. The summed E-state index contributed by atoms with van der Waals surface area (Å²) in [4.78, 5) is 22.9. The lowest BCUT2D eigenvalue weighted by Crippen LogP contribution is -2.42. The highest BCUT2D eigenvalue weighted by Crippen LogP contribution is 2.46. The van der Waals surface area contributed by atoms with E-state index in [9.17, 15) is 9.59 Å². The van der Waals surface area contributed by atoms with Crippen molar-refractivity contribution in [2.45, 2.75) is 51.9 Å². The Hall–Kier alpha value is -1.06. The summed E-state index contributed by atoms with van der Waals surface area (Å²) in [7, 11) is 0. The number of carboxylic acids is 1. The lowest BCUT2D eigenvalue weighted by Gasteiger charge is -2.28. The first-order chi connectivity index (χ1) is 8.05. The fourth-order valence-electron chi connectivity index (χ4n) is 2.88. The third kappa shape index (κ3) is 2.17. The average Bonchev–Trinajstić information content (AvgIpc) is 3.01. The molecule has 1 amide bonds. The van der Waals surface area contributed by atoms with Gasteiger partial charge in [-0.15, -0.1) is 0 Å². The second-order valence-electron chi connectivity index (χ2n) is 5.63. The number of amides is 1. The van der Waals surface area contributed by atoms with Gasteiger partial charge in [-0.2, -0.15) is 0 Å². The summed E-state index contributed by atoms with van der Waals surface area (Å²) in [5.74, 6) is -1.24. The smallest absolute Gasteiger partial charge is 0.319 e. The SMILES string of the molecule is CCC1(CNC(=O)C2(C(=O)O)CC2)CCCC1. The Bertz CT molecular complexity index is 328. The molecule has 2 aliphatic carbocycles. The predicted molar refractivity (Wildman–Crippen MR) is 63.5 cm³/mol. The van der Waals surface area contributed by atoms with Crippen molar-refractivity contribution >= 4 is 11.9 Å². The first kappa shape index (κ1) is 12.4. The Morgan fingerprint density at radius 3 is 2.18 bits per heavy atom. The van der Waals surface area contributed by atoms with Crippen LogP contribution in [0.1, 0.15) is 51.9 Å². The van der Waals surface area contributed by atoms with E-state index in [1.54, 1.807) is 0 Å². The summed E-state index contributed by atoms with van der Waals surface area (Å²) in [6, 6.07) is 0. The van der Waals surface area contributed by atoms with E-state index in [-0.39, 0.29) is 11.3 Å². The Morgan fingerprint density at radius 2 is 1.76 bits per heavy atom. The van der Waals surface area contributed by atoms with E-state index in [1.807, 2.05) is 0 Å². The molecule has 0 radical (unpaired) electrons. The highest BCUT2D eigenvalue weighted by Gasteiger charge is 2.57. The summed E-state index contributed by atoms with van der Waals surface area (Å²) in [5.41, 5.74) is -0.863. The Labute approximate surface area is 102 Å². The number of carbonyl (C=O) groups is 2. The van der Waals surface area contributed by atoms with E-state index in [0.29, 0.717) is 19.4 Å². The molecule has 0 saturated heterocycles. The molecule has 0 aromatic carbocycles. The zero-order valence-corrected chi connectivity index (χ0v) is 10.4. The first-order valence-electron chi connectivity index (χ1n) is 6.56. The molecule has 0 spiro atoms. The zero-order chi connectivity index (χ0) is 12.5. The molecule has 2 fully saturated rings. The van der Waals surface area contributed by atoms with Gasteiger partial charge >= 0.3 is 5.97 Å². The summed E-state index contributed by atoms with van der Waals surface area (Å²) >= 11 is 0. The molecule has 2 rings (SSSR count). The van der Waals surface area contributed by atoms with Crippen LogP contribution in [0.25, 0.3) is 0 Å². The molecule has 2 aliphatic rings. The van der Waals surface area contributed by atoms with E-state index in [4.69, 9.17) is 5.11 Å². The van der Waals surface area contributed by atoms with Crippen molar-refractivity contribution in [3.05, 3.63) is 0 Å². The third-order valence-corrected chi connectivity index (χ3v) is 4.63. The Morgan fingerprint density at radius 1 is 1.18 bits per heavy atom. The second-order valence-corrected chi connectivity index (χ2v) is 5.63. The van der Waals surface area contributed by atoms with Crippen molar-refractivity contribution in [1.29, 1.82) is 0 Å². The van der Waals surface area contributed by atoms with E-state index in [0.717, 1.165) is 19.3 Å². The van der Waals surface area contributed by atoms with Crippen molar-refractivity contribution in [3.8, 4) is 0 Å². The summed E-state index contributed by atoms with van der Waals surface area (Å²) in [6.45, 7) is 2.80. The number of hydrogen-bond donors (Lipinski definition) is 2. The highest BCUT2D eigenvalue weighted by atomic mass is 16.4. The van der Waals surface area contributed by atoms with Crippen LogP contribution >= 0.6 is 0 Å². The molecule has 0 atom stereocenters. The summed E-state index contributed by atoms with van der Waals surface area (Å²) in [6.07, 6.45) is 6.82. The van der Waals surface area contributed by atoms with Crippen LogP contribution < -0.4 is 5.32 Å². The van der Waals surface area contributed by atoms with Gasteiger partial charge in [0.05, 0.1) is 0 Å². The van der Waals surface area contributed by atoms with Gasteiger partial charge in [-0.3, -0.25) is 9.59 Å². The number of aliphatic carboxylic acids is 1. The Kier molecular flexibility index (Phi) is 3.15. The van der Waals surface area contributed by atoms with Gasteiger partial charge in [0.1, 0.15) is 5.41 Å². The number of carbonyl (C=O) groups excluding carboxylic acids is 1. The van der Waals surface area contributed by atoms with Crippen LogP contribution in [0.3, 0.4) is 0 Å². The maximum absolute atomic E-state index is 11.9. The fraction of sp³-hybridized carbons (Fsp3) is 0.846. The molecule has 0 bridgehead atoms. The van der Waals surface area contributed by atoms with E-state index >= 15 is 0 Å². The number of nitrogens with one attached hydrogen (secondary N) is 1. The number of rotatable bonds is 5. The molecule has 0 unspecified atom stereocenters. The monoisotopic (exact) mass is 239 g/mol. The van der Waals surface area contributed by atoms with Gasteiger partial charge in [-0.1, -0.05) is 19.8 Å². The topological polar surface area (TPSA) is 66.4 Å². The maximum atomic E-state index is 11.9. The lowest BCUT2D eigenvalue weighted by molar-refractivity contribution is -0.149. The van der Waals surface area contributed by atoms with Gasteiger partial charge in [0.15, 0.2) is 0 Å². The van der Waals surface area contributed by atoms with Gasteiger partial charge in [-0.25, -0.2) is 0 Å². The molecule has 4 heteroatoms. The molecule has 4 nitrogen and oxygen atoms in total. The van der Waals surface area contributed by atoms with Gasteiger partial charge in [0.25, 0.3) is 0 Å². The van der Waals surface area contributed by atoms with E-state index in [2.05, 4.69) is 12.2 Å². The van der Waals surface area contributed by atoms with Crippen LogP contribution in [0, 0.1) is 10.8 Å². The largest absolute Gasteiger partial charge is 0.480 e. The Balaban J connectivity index is 1.90. The van der Waals surface area contributed by atoms with E-state index in [1.165, 1.54) is 12.8 Å². The second kappa shape index (κ2) is 4.31. The molecule has 17 heavy (non-hydrogen) atoms. The van der Waals surface area contributed by atoms with Crippen LogP contribution in [-0.4, -0.2) is 23.5 Å². The molecule has 0 heterocycles. The van der Waals surface area contributed by atoms with Crippen LogP contribution in [0.5, 0.6) is 0 Å². The fourth-order valence-corrected chi connectivity index (χ4v) is 2.88. The normalized spacial score (nSPS) is 24.3. The van der Waals surface area contributed by atoms with Crippen molar-refractivity contribution in [2.24, 2.45) is 10.8 Å². The van der Waals surface area contributed by atoms with Gasteiger partial charge in [0, 0.05) is 6.54 Å². The average molecular weight is 239 g/mol. The molecule has 2 saturated carbocycles. The molecule has 0 aromatic heterocycles. The predicted octanol–water partition coefficient (Wildman–Crippen LogP) is 1.94. The molecule has 96 valence electrons. The minimum absolute atomic E-state index is 0.226. The molecule has 2 N–H and O–H groups in total. The highest BCUT2D eigenvalue weighted by molar-refractivity contribution is 6.04. The van der Waals surface area contributed by atoms with E-state index < -0.39 is 11.4 Å². The van der Waals surface area contributed by atoms with Gasteiger partial charge < -0.3 is 10.4 Å². The lowest BCUT2D eigenvalue weighted by atomic mass is 9.83. The van der Waals surface area contributed by atoms with Crippen molar-refractivity contribution in [2.75, 3.05) is 6.54 Å². The third-order valence-electron chi connectivity index (χ3n) is 4.63. The molecular weight excluding hydrogens is 218 g/mol. The minimum atomic E-state index is -1.09. The summed E-state index contributed by atoms with van der Waals surface area (Å²) < 4.78 is 0. The van der Waals surface area contributed by atoms with Gasteiger partial charge in [0.2, 0.25) is 5.91 Å².